The Morgan fingerprint density at radius 1 is 1.41 bits per heavy atom. The molecule has 0 radical (unpaired) electrons. The summed E-state index contributed by atoms with van der Waals surface area (Å²) in [4.78, 5) is 26.0. The van der Waals surface area contributed by atoms with Crippen molar-refractivity contribution in [1.82, 2.24) is 10.3 Å². The molecule has 3 N–H and O–H groups in total. The van der Waals surface area contributed by atoms with Gasteiger partial charge in [-0.3, -0.25) is 9.59 Å². The maximum absolute atomic E-state index is 12.1. The summed E-state index contributed by atoms with van der Waals surface area (Å²) >= 11 is 0. The Balaban J connectivity index is 1.66. The molecule has 2 aromatic rings. The summed E-state index contributed by atoms with van der Waals surface area (Å²) in [5, 5.41) is 12.6. The molecule has 1 aromatic heterocycles. The molecule has 6 nitrogen and oxygen atoms in total. The van der Waals surface area contributed by atoms with Gasteiger partial charge in [0.15, 0.2) is 0 Å². The lowest BCUT2D eigenvalue weighted by Crippen LogP contribution is -2.47. The van der Waals surface area contributed by atoms with Gasteiger partial charge in [-0.15, -0.1) is 0 Å². The number of amides is 1. The van der Waals surface area contributed by atoms with Gasteiger partial charge in [0.05, 0.1) is 19.4 Å². The zero-order valence-electron chi connectivity index (χ0n) is 12.3. The fourth-order valence-electron chi connectivity index (χ4n) is 2.92. The number of H-pyrrole nitrogens is 1. The maximum atomic E-state index is 12.1. The number of ether oxygens (including phenoxy) is 1. The van der Waals surface area contributed by atoms with Crippen LogP contribution in [0.4, 0.5) is 0 Å². The van der Waals surface area contributed by atoms with Crippen LogP contribution in [0.1, 0.15) is 18.4 Å². The van der Waals surface area contributed by atoms with Gasteiger partial charge in [0.25, 0.3) is 0 Å². The van der Waals surface area contributed by atoms with E-state index in [-0.39, 0.29) is 24.3 Å². The van der Waals surface area contributed by atoms with E-state index in [2.05, 4.69) is 10.3 Å². The van der Waals surface area contributed by atoms with Gasteiger partial charge in [0.2, 0.25) is 5.91 Å². The Hall–Kier alpha value is -2.50. The summed E-state index contributed by atoms with van der Waals surface area (Å²) in [6, 6.07) is 5.66. The number of rotatable bonds is 5. The van der Waals surface area contributed by atoms with Crippen LogP contribution >= 0.6 is 0 Å². The van der Waals surface area contributed by atoms with Gasteiger partial charge in [-0.25, -0.2) is 0 Å². The van der Waals surface area contributed by atoms with Gasteiger partial charge in [-0.2, -0.15) is 0 Å². The number of aromatic amines is 1. The Labute approximate surface area is 127 Å². The molecule has 1 aliphatic rings. The third-order valence-electron chi connectivity index (χ3n) is 4.17. The number of hydrogen-bond donors (Lipinski definition) is 3. The van der Waals surface area contributed by atoms with Crippen molar-refractivity contribution in [3.05, 3.63) is 30.0 Å². The van der Waals surface area contributed by atoms with Crippen LogP contribution in [0.2, 0.25) is 0 Å². The number of hydrogen-bond acceptors (Lipinski definition) is 3. The summed E-state index contributed by atoms with van der Waals surface area (Å²) < 4.78 is 5.34. The quantitative estimate of drug-likeness (QED) is 0.784. The van der Waals surface area contributed by atoms with E-state index in [4.69, 9.17) is 9.84 Å². The Bertz CT molecular complexity index is 716. The van der Waals surface area contributed by atoms with Crippen molar-refractivity contribution in [3.63, 3.8) is 0 Å². The number of aromatic nitrogens is 1. The lowest BCUT2D eigenvalue weighted by atomic mass is 9.80. The van der Waals surface area contributed by atoms with Crippen LogP contribution in [0.15, 0.2) is 24.4 Å². The summed E-state index contributed by atoms with van der Waals surface area (Å²) in [5.41, 5.74) is 1.80. The number of carboxylic acids is 1. The summed E-state index contributed by atoms with van der Waals surface area (Å²) in [5.74, 6) is -0.470. The lowest BCUT2D eigenvalue weighted by Gasteiger charge is -2.32. The number of fused-ring (bicyclic) bond motifs is 1. The molecular weight excluding hydrogens is 284 g/mol. The molecule has 0 unspecified atom stereocenters. The molecule has 116 valence electrons. The number of carbonyl (C=O) groups excluding carboxylic acids is 1. The third kappa shape index (κ3) is 2.64. The van der Waals surface area contributed by atoms with Crippen molar-refractivity contribution in [1.29, 1.82) is 0 Å². The molecule has 1 heterocycles. The van der Waals surface area contributed by atoms with Gasteiger partial charge in [0.1, 0.15) is 5.75 Å². The van der Waals surface area contributed by atoms with E-state index in [9.17, 15) is 9.59 Å². The van der Waals surface area contributed by atoms with Crippen molar-refractivity contribution in [3.8, 4) is 5.75 Å². The summed E-state index contributed by atoms with van der Waals surface area (Å²) in [6.45, 7) is 0. The van der Waals surface area contributed by atoms with Gasteiger partial charge < -0.3 is 20.1 Å². The van der Waals surface area contributed by atoms with Gasteiger partial charge in [0, 0.05) is 23.1 Å². The second kappa shape index (κ2) is 5.71. The normalized spacial score (nSPS) is 20.4. The van der Waals surface area contributed by atoms with Crippen molar-refractivity contribution in [2.24, 2.45) is 5.92 Å². The van der Waals surface area contributed by atoms with Crippen molar-refractivity contribution in [2.75, 3.05) is 7.11 Å². The molecule has 1 aromatic carbocycles. The number of carboxylic acid groups (broad SMARTS) is 1. The van der Waals surface area contributed by atoms with Crippen molar-refractivity contribution >= 4 is 22.8 Å². The monoisotopic (exact) mass is 302 g/mol. The molecule has 22 heavy (non-hydrogen) atoms. The van der Waals surface area contributed by atoms with Crippen LogP contribution in [0.3, 0.4) is 0 Å². The van der Waals surface area contributed by atoms with Crippen LogP contribution in [-0.4, -0.2) is 35.1 Å². The highest BCUT2D eigenvalue weighted by molar-refractivity contribution is 5.93. The zero-order valence-corrected chi connectivity index (χ0v) is 12.3. The second-order valence-electron chi connectivity index (χ2n) is 5.64. The predicted octanol–water partition coefficient (Wildman–Crippen LogP) is 1.70. The van der Waals surface area contributed by atoms with E-state index in [0.717, 1.165) is 22.2 Å². The van der Waals surface area contributed by atoms with E-state index >= 15 is 0 Å². The largest absolute Gasteiger partial charge is 0.496 e. The van der Waals surface area contributed by atoms with Gasteiger partial charge >= 0.3 is 5.97 Å². The van der Waals surface area contributed by atoms with Crippen LogP contribution in [0, 0.1) is 5.92 Å². The van der Waals surface area contributed by atoms with E-state index in [0.29, 0.717) is 12.8 Å². The minimum absolute atomic E-state index is 0.0271. The average Bonchev–Trinajstić information content (AvgIpc) is 2.85. The van der Waals surface area contributed by atoms with Gasteiger partial charge in [-0.05, 0) is 30.5 Å². The molecule has 0 saturated heterocycles. The topological polar surface area (TPSA) is 91.4 Å². The predicted molar refractivity (Wildman–Crippen MR) is 80.8 cm³/mol. The molecule has 0 spiro atoms. The Kier molecular flexibility index (Phi) is 3.75. The highest BCUT2D eigenvalue weighted by Crippen LogP contribution is 2.30. The lowest BCUT2D eigenvalue weighted by molar-refractivity contribution is -0.146. The molecule has 0 bridgehead atoms. The number of carbonyl (C=O) groups is 2. The zero-order chi connectivity index (χ0) is 15.7. The fourth-order valence-corrected chi connectivity index (χ4v) is 2.92. The molecule has 1 amide bonds. The minimum atomic E-state index is -0.785. The smallest absolute Gasteiger partial charge is 0.306 e. The van der Waals surface area contributed by atoms with Crippen LogP contribution in [0.25, 0.3) is 10.9 Å². The van der Waals surface area contributed by atoms with Crippen molar-refractivity contribution in [2.45, 2.75) is 25.3 Å². The highest BCUT2D eigenvalue weighted by atomic mass is 16.5. The van der Waals surface area contributed by atoms with E-state index in [1.807, 2.05) is 24.4 Å². The molecule has 0 aliphatic heterocycles. The van der Waals surface area contributed by atoms with Gasteiger partial charge in [-0.1, -0.05) is 6.07 Å². The highest BCUT2D eigenvalue weighted by Gasteiger charge is 2.35. The van der Waals surface area contributed by atoms with Crippen molar-refractivity contribution < 1.29 is 19.4 Å². The Morgan fingerprint density at radius 2 is 2.18 bits per heavy atom. The SMILES string of the molecule is COc1cccc2[nH]cc(CC(=O)NC3CC(C(=O)O)C3)c12. The third-order valence-corrected chi connectivity index (χ3v) is 4.17. The number of nitrogens with one attached hydrogen (secondary N) is 2. The maximum Gasteiger partial charge on any atom is 0.306 e. The van der Waals surface area contributed by atoms with E-state index < -0.39 is 5.97 Å². The van der Waals surface area contributed by atoms with E-state index in [1.165, 1.54) is 0 Å². The molecule has 1 saturated carbocycles. The molecule has 3 rings (SSSR count). The van der Waals surface area contributed by atoms with E-state index in [1.54, 1.807) is 7.11 Å². The first-order valence-electron chi connectivity index (χ1n) is 7.23. The first-order valence-corrected chi connectivity index (χ1v) is 7.23. The fraction of sp³-hybridized carbons (Fsp3) is 0.375. The van der Waals surface area contributed by atoms with Crippen LogP contribution in [-0.2, 0) is 16.0 Å². The van der Waals surface area contributed by atoms with Crippen LogP contribution < -0.4 is 10.1 Å². The average molecular weight is 302 g/mol. The summed E-state index contributed by atoms with van der Waals surface area (Å²) in [6.07, 6.45) is 3.08. The first-order chi connectivity index (χ1) is 10.6. The molecular formula is C16H18N2O4. The van der Waals surface area contributed by atoms with Crippen LogP contribution in [0.5, 0.6) is 5.75 Å². The first kappa shape index (κ1) is 14.4. The molecule has 6 heteroatoms. The Morgan fingerprint density at radius 3 is 2.86 bits per heavy atom. The molecule has 1 fully saturated rings. The minimum Gasteiger partial charge on any atom is -0.496 e. The summed E-state index contributed by atoms with van der Waals surface area (Å²) in [7, 11) is 1.60. The number of aliphatic carboxylic acids is 1. The standard InChI is InChI=1S/C16H18N2O4/c1-22-13-4-2-3-12-15(13)10(8-17-12)7-14(19)18-11-5-9(6-11)16(20)21/h2-4,8-9,11,17H,5-7H2,1H3,(H,18,19)(H,20,21). The number of methoxy groups -OCH3 is 1. The molecule has 0 atom stereocenters. The molecule has 1 aliphatic carbocycles. The second-order valence-corrected chi connectivity index (χ2v) is 5.64. The number of benzene rings is 1.